The molecule has 6 heteroatoms. The van der Waals surface area contributed by atoms with Crippen molar-refractivity contribution < 1.29 is 14.7 Å². The van der Waals surface area contributed by atoms with Crippen LogP contribution in [0.15, 0.2) is 17.5 Å². The molecule has 1 aromatic heterocycles. The fourth-order valence-electron chi connectivity index (χ4n) is 3.31. The zero-order chi connectivity index (χ0) is 16.4. The van der Waals surface area contributed by atoms with Crippen molar-refractivity contribution in [3.05, 3.63) is 22.4 Å². The van der Waals surface area contributed by atoms with Crippen molar-refractivity contribution >= 4 is 23.2 Å². The average molecular weight is 336 g/mol. The van der Waals surface area contributed by atoms with Crippen LogP contribution in [0.3, 0.4) is 0 Å². The predicted octanol–water partition coefficient (Wildman–Crippen LogP) is 1.88. The van der Waals surface area contributed by atoms with E-state index in [2.05, 4.69) is 5.32 Å². The number of aliphatic hydroxyl groups excluding tert-OH is 1. The first-order valence-electron chi connectivity index (χ1n) is 8.29. The van der Waals surface area contributed by atoms with E-state index >= 15 is 0 Å². The minimum Gasteiger partial charge on any atom is -0.394 e. The van der Waals surface area contributed by atoms with Crippen LogP contribution in [0.25, 0.3) is 0 Å². The molecular formula is C17H24N2O3S. The van der Waals surface area contributed by atoms with Crippen LogP contribution < -0.4 is 5.32 Å². The van der Waals surface area contributed by atoms with Crippen molar-refractivity contribution in [1.29, 1.82) is 0 Å². The van der Waals surface area contributed by atoms with Crippen LogP contribution in [0.4, 0.5) is 0 Å². The Morgan fingerprint density at radius 1 is 1.43 bits per heavy atom. The first-order chi connectivity index (χ1) is 11.0. The molecule has 2 fully saturated rings. The van der Waals surface area contributed by atoms with Gasteiger partial charge in [0.1, 0.15) is 0 Å². The van der Waals surface area contributed by atoms with Crippen molar-refractivity contribution in [3.8, 4) is 0 Å². The van der Waals surface area contributed by atoms with Gasteiger partial charge in [0.05, 0.1) is 22.9 Å². The number of aliphatic hydroxyl groups is 1. The molecule has 0 spiro atoms. The maximum atomic E-state index is 12.6. The molecule has 1 aliphatic heterocycles. The second-order valence-electron chi connectivity index (χ2n) is 6.91. The summed E-state index contributed by atoms with van der Waals surface area (Å²) in [5, 5.41) is 14.6. The van der Waals surface area contributed by atoms with Crippen LogP contribution in [0.1, 0.15) is 42.3 Å². The summed E-state index contributed by atoms with van der Waals surface area (Å²) in [6.45, 7) is 3.06. The lowest BCUT2D eigenvalue weighted by molar-refractivity contribution is -0.129. The molecule has 1 aliphatic carbocycles. The Bertz CT molecular complexity index is 570. The summed E-state index contributed by atoms with van der Waals surface area (Å²) in [7, 11) is 0. The Hall–Kier alpha value is -1.40. The molecule has 3 rings (SSSR count). The molecule has 2 amide bonds. The molecule has 0 aromatic carbocycles. The number of hydrogen-bond acceptors (Lipinski definition) is 4. The van der Waals surface area contributed by atoms with Gasteiger partial charge in [0, 0.05) is 13.1 Å². The van der Waals surface area contributed by atoms with E-state index < -0.39 is 5.54 Å². The number of likely N-dealkylation sites (tertiary alicyclic amines) is 1. The molecule has 0 bridgehead atoms. The Morgan fingerprint density at radius 3 is 2.83 bits per heavy atom. The first-order valence-corrected chi connectivity index (χ1v) is 9.17. The van der Waals surface area contributed by atoms with Crippen molar-refractivity contribution in [1.82, 2.24) is 10.2 Å². The molecular weight excluding hydrogens is 312 g/mol. The molecule has 1 aromatic rings. The fourth-order valence-corrected chi connectivity index (χ4v) is 4.00. The summed E-state index contributed by atoms with van der Waals surface area (Å²) in [5.74, 6) is 0.183. The highest BCUT2D eigenvalue weighted by molar-refractivity contribution is 7.12. The first kappa shape index (κ1) is 16.5. The van der Waals surface area contributed by atoms with Crippen LogP contribution in [0.2, 0.25) is 0 Å². The number of carbonyl (C=O) groups excluding carboxylic acids is 2. The topological polar surface area (TPSA) is 69.6 Å². The third kappa shape index (κ3) is 3.58. The maximum Gasteiger partial charge on any atom is 0.263 e. The number of piperidine rings is 1. The third-order valence-electron chi connectivity index (χ3n) is 5.03. The molecule has 2 aliphatic rings. The number of carbonyl (C=O) groups is 2. The Balaban J connectivity index is 1.61. The Labute approximate surface area is 140 Å². The minimum absolute atomic E-state index is 0.0182. The van der Waals surface area contributed by atoms with Crippen molar-refractivity contribution in [3.63, 3.8) is 0 Å². The van der Waals surface area contributed by atoms with Gasteiger partial charge in [0.15, 0.2) is 0 Å². The molecule has 5 nitrogen and oxygen atoms in total. The van der Waals surface area contributed by atoms with E-state index in [4.69, 9.17) is 0 Å². The van der Waals surface area contributed by atoms with Gasteiger partial charge in [-0.2, -0.15) is 0 Å². The van der Waals surface area contributed by atoms with E-state index in [0.29, 0.717) is 19.0 Å². The summed E-state index contributed by atoms with van der Waals surface area (Å²) in [6.07, 6.45) is 3.76. The number of hydrogen-bond donors (Lipinski definition) is 2. The van der Waals surface area contributed by atoms with Gasteiger partial charge in [-0.25, -0.2) is 0 Å². The van der Waals surface area contributed by atoms with Gasteiger partial charge >= 0.3 is 0 Å². The summed E-state index contributed by atoms with van der Waals surface area (Å²) >= 11 is 1.44. The normalized spacial score (nSPS) is 24.1. The van der Waals surface area contributed by atoms with Crippen LogP contribution in [-0.2, 0) is 4.79 Å². The molecule has 2 N–H and O–H groups in total. The highest BCUT2D eigenvalue weighted by Crippen LogP contribution is 2.39. The average Bonchev–Trinajstić information content (AvgIpc) is 3.30. The van der Waals surface area contributed by atoms with Gasteiger partial charge in [-0.1, -0.05) is 6.07 Å². The second-order valence-corrected chi connectivity index (χ2v) is 7.85. The van der Waals surface area contributed by atoms with Crippen LogP contribution >= 0.6 is 11.3 Å². The molecule has 2 unspecified atom stereocenters. The molecule has 23 heavy (non-hydrogen) atoms. The van der Waals surface area contributed by atoms with Gasteiger partial charge in [-0.3, -0.25) is 9.59 Å². The van der Waals surface area contributed by atoms with Crippen molar-refractivity contribution in [2.24, 2.45) is 11.8 Å². The molecule has 1 saturated carbocycles. The SMILES string of the molecule is CC(CO)(NC(=O)C1CCCN(C(=O)c2cccs2)C1)C1CC1. The molecule has 0 radical (unpaired) electrons. The zero-order valence-corrected chi connectivity index (χ0v) is 14.3. The highest BCUT2D eigenvalue weighted by Gasteiger charge is 2.43. The quantitative estimate of drug-likeness (QED) is 0.862. The third-order valence-corrected chi connectivity index (χ3v) is 5.88. The second kappa shape index (κ2) is 6.61. The smallest absolute Gasteiger partial charge is 0.263 e. The van der Waals surface area contributed by atoms with Crippen LogP contribution in [0.5, 0.6) is 0 Å². The number of thiophene rings is 1. The Kier molecular flexibility index (Phi) is 4.73. The zero-order valence-electron chi connectivity index (χ0n) is 13.5. The van der Waals surface area contributed by atoms with Gasteiger partial charge < -0.3 is 15.3 Å². The van der Waals surface area contributed by atoms with Gasteiger partial charge in [-0.15, -0.1) is 11.3 Å². The van der Waals surface area contributed by atoms with Gasteiger partial charge in [0.25, 0.3) is 5.91 Å². The number of nitrogens with zero attached hydrogens (tertiary/aromatic N) is 1. The Morgan fingerprint density at radius 2 is 2.22 bits per heavy atom. The van der Waals surface area contributed by atoms with E-state index in [1.54, 1.807) is 4.90 Å². The lowest BCUT2D eigenvalue weighted by atomic mass is 9.92. The van der Waals surface area contributed by atoms with Crippen LogP contribution in [0, 0.1) is 11.8 Å². The van der Waals surface area contributed by atoms with Crippen LogP contribution in [-0.4, -0.2) is 47.1 Å². The summed E-state index contributed by atoms with van der Waals surface area (Å²) < 4.78 is 0. The van der Waals surface area contributed by atoms with E-state index in [9.17, 15) is 14.7 Å². The lowest BCUT2D eigenvalue weighted by Crippen LogP contribution is -2.55. The number of amides is 2. The predicted molar refractivity (Wildman–Crippen MR) is 89.3 cm³/mol. The molecule has 2 atom stereocenters. The molecule has 1 saturated heterocycles. The van der Waals surface area contributed by atoms with E-state index in [-0.39, 0.29) is 24.3 Å². The van der Waals surface area contributed by atoms with Gasteiger partial charge in [-0.05, 0) is 50.0 Å². The number of rotatable bonds is 5. The standard InChI is InChI=1S/C17H24N2O3S/c1-17(11-20,13-6-7-13)18-15(21)12-4-2-8-19(10-12)16(22)14-5-3-9-23-14/h3,5,9,12-13,20H,2,4,6-8,10-11H2,1H3,(H,18,21). The fraction of sp³-hybridized carbons (Fsp3) is 0.647. The maximum absolute atomic E-state index is 12.6. The summed E-state index contributed by atoms with van der Waals surface area (Å²) in [4.78, 5) is 27.6. The lowest BCUT2D eigenvalue weighted by Gasteiger charge is -2.35. The number of nitrogens with one attached hydrogen (secondary N) is 1. The van der Waals surface area contributed by atoms with Crippen molar-refractivity contribution in [2.75, 3.05) is 19.7 Å². The van der Waals surface area contributed by atoms with Gasteiger partial charge in [0.2, 0.25) is 5.91 Å². The minimum atomic E-state index is -0.517. The highest BCUT2D eigenvalue weighted by atomic mass is 32.1. The van der Waals surface area contributed by atoms with Crippen molar-refractivity contribution in [2.45, 2.75) is 38.1 Å². The molecule has 2 heterocycles. The largest absolute Gasteiger partial charge is 0.394 e. The monoisotopic (exact) mass is 336 g/mol. The molecule has 126 valence electrons. The summed E-state index contributed by atoms with van der Waals surface area (Å²) in [5.41, 5.74) is -0.517. The van der Waals surface area contributed by atoms with E-state index in [1.165, 1.54) is 11.3 Å². The van der Waals surface area contributed by atoms with E-state index in [1.807, 2.05) is 24.4 Å². The summed E-state index contributed by atoms with van der Waals surface area (Å²) in [6, 6.07) is 3.70. The van der Waals surface area contributed by atoms with E-state index in [0.717, 1.165) is 30.6 Å².